The lowest BCUT2D eigenvalue weighted by atomic mass is 10.1. The molecule has 9 heteroatoms. The number of hydrogen-bond donors (Lipinski definition) is 2. The molecule has 0 aliphatic rings. The molecule has 45 heavy (non-hydrogen) atoms. The zero-order valence-electron chi connectivity index (χ0n) is 28.0. The van der Waals surface area contributed by atoms with E-state index in [9.17, 15) is 14.2 Å². The molecular formula is C36H61O8P. The van der Waals surface area contributed by atoms with Gasteiger partial charge in [-0.05, 0) is 51.4 Å². The van der Waals surface area contributed by atoms with E-state index in [1.165, 1.54) is 44.9 Å². The molecule has 0 rings (SSSR count). The molecule has 0 aromatic rings. The van der Waals surface area contributed by atoms with Gasteiger partial charge in [-0.3, -0.25) is 14.1 Å². The first-order chi connectivity index (χ1) is 21.8. The number of allylic oxidation sites excluding steroid dienone is 10. The number of rotatable bonds is 30. The monoisotopic (exact) mass is 652 g/mol. The van der Waals surface area contributed by atoms with Gasteiger partial charge in [-0.1, -0.05) is 132 Å². The van der Waals surface area contributed by atoms with Crippen molar-refractivity contribution in [1.29, 1.82) is 0 Å². The Bertz CT molecular complexity index is 916. The maximum Gasteiger partial charge on any atom is 0.469 e. The molecule has 0 fully saturated rings. The summed E-state index contributed by atoms with van der Waals surface area (Å²) in [7, 11) is -4.76. The van der Waals surface area contributed by atoms with Gasteiger partial charge in [0, 0.05) is 12.8 Å². The van der Waals surface area contributed by atoms with Crippen molar-refractivity contribution in [3.8, 4) is 0 Å². The van der Waals surface area contributed by atoms with Crippen LogP contribution in [-0.4, -0.2) is 41.0 Å². The van der Waals surface area contributed by atoms with Gasteiger partial charge in [0.2, 0.25) is 0 Å². The van der Waals surface area contributed by atoms with E-state index >= 15 is 0 Å². The van der Waals surface area contributed by atoms with Gasteiger partial charge in [0.1, 0.15) is 6.61 Å². The lowest BCUT2D eigenvalue weighted by Crippen LogP contribution is -2.29. The predicted molar refractivity (Wildman–Crippen MR) is 184 cm³/mol. The standard InChI is InChI=1S/C36H61O8P/c1-3-5-7-9-11-13-15-16-17-18-19-20-21-23-25-27-29-31-36(38)44-34(33-43-45(39,40)41)32-42-35(37)30-28-26-24-22-14-12-10-8-6-4-2/h5,7,11,13,16-17,19-20,23,25,34H,3-4,6,8-10,12,14-15,18,21-22,24,26-33H2,1-2H3,(H2,39,40,41)/b7-5+,13-11+,17-16+,20-19+,25-23+/t34-/m1/s1. The largest absolute Gasteiger partial charge is 0.469 e. The van der Waals surface area contributed by atoms with Crippen molar-refractivity contribution < 1.29 is 37.9 Å². The SMILES string of the molecule is CC/C=C/C/C=C/C/C=C/C/C=C/C/C=C/CCCC(=O)O[C@H](COC(=O)CCCCCCCCCCCC)COP(=O)(O)O. The average Bonchev–Trinajstić information content (AvgIpc) is 3.00. The van der Waals surface area contributed by atoms with E-state index in [-0.39, 0.29) is 19.4 Å². The van der Waals surface area contributed by atoms with Gasteiger partial charge in [0.25, 0.3) is 0 Å². The number of phosphoric acid groups is 1. The Hall–Kier alpha value is -2.25. The van der Waals surface area contributed by atoms with Crippen LogP contribution >= 0.6 is 7.82 Å². The quantitative estimate of drug-likeness (QED) is 0.0341. The maximum atomic E-state index is 12.3. The van der Waals surface area contributed by atoms with Crippen molar-refractivity contribution in [3.63, 3.8) is 0 Å². The molecule has 0 spiro atoms. The van der Waals surface area contributed by atoms with Crippen molar-refractivity contribution in [3.05, 3.63) is 60.8 Å². The van der Waals surface area contributed by atoms with Crippen LogP contribution in [0.1, 0.15) is 136 Å². The summed E-state index contributed by atoms with van der Waals surface area (Å²) in [5.41, 5.74) is 0. The molecule has 8 nitrogen and oxygen atoms in total. The fourth-order valence-corrected chi connectivity index (χ4v) is 4.65. The van der Waals surface area contributed by atoms with E-state index in [0.717, 1.165) is 44.9 Å². The number of phosphoric ester groups is 1. The molecule has 0 aromatic carbocycles. The number of carbonyl (C=O) groups is 2. The summed E-state index contributed by atoms with van der Waals surface area (Å²) in [4.78, 5) is 42.5. The molecule has 0 amide bonds. The Morgan fingerprint density at radius 1 is 0.600 bits per heavy atom. The van der Waals surface area contributed by atoms with Crippen LogP contribution in [0.2, 0.25) is 0 Å². The molecule has 2 N–H and O–H groups in total. The van der Waals surface area contributed by atoms with E-state index in [1.807, 2.05) is 12.2 Å². The Kier molecular flexibility index (Phi) is 30.1. The van der Waals surface area contributed by atoms with Gasteiger partial charge < -0.3 is 19.3 Å². The molecule has 258 valence electrons. The molecule has 0 aromatic heterocycles. The maximum absolute atomic E-state index is 12.3. The summed E-state index contributed by atoms with van der Waals surface area (Å²) in [5, 5.41) is 0. The van der Waals surface area contributed by atoms with Crippen molar-refractivity contribution in [2.24, 2.45) is 0 Å². The molecule has 0 saturated carbocycles. The Labute approximate surface area is 273 Å². The van der Waals surface area contributed by atoms with E-state index in [2.05, 4.69) is 67.0 Å². The highest BCUT2D eigenvalue weighted by Gasteiger charge is 2.22. The highest BCUT2D eigenvalue weighted by molar-refractivity contribution is 7.46. The first kappa shape index (κ1) is 42.8. The predicted octanol–water partition coefficient (Wildman–Crippen LogP) is 9.78. The fraction of sp³-hybridized carbons (Fsp3) is 0.667. The second-order valence-corrected chi connectivity index (χ2v) is 12.4. The summed E-state index contributed by atoms with van der Waals surface area (Å²) >= 11 is 0. The second kappa shape index (κ2) is 31.7. The van der Waals surface area contributed by atoms with Gasteiger partial charge in [0.15, 0.2) is 6.10 Å². The molecule has 0 saturated heterocycles. The van der Waals surface area contributed by atoms with Gasteiger partial charge in [-0.2, -0.15) is 0 Å². The first-order valence-electron chi connectivity index (χ1n) is 17.1. The zero-order valence-corrected chi connectivity index (χ0v) is 28.9. The number of esters is 2. The van der Waals surface area contributed by atoms with Crippen LogP contribution in [0, 0.1) is 0 Å². The van der Waals surface area contributed by atoms with Gasteiger partial charge in [0.05, 0.1) is 6.61 Å². The zero-order chi connectivity index (χ0) is 33.3. The molecule has 0 unspecified atom stereocenters. The third kappa shape index (κ3) is 34.5. The van der Waals surface area contributed by atoms with Crippen LogP contribution in [0.5, 0.6) is 0 Å². The molecule has 0 heterocycles. The van der Waals surface area contributed by atoms with Crippen molar-refractivity contribution in [2.45, 2.75) is 142 Å². The van der Waals surface area contributed by atoms with Crippen LogP contribution < -0.4 is 0 Å². The smallest absolute Gasteiger partial charge is 0.462 e. The third-order valence-electron chi connectivity index (χ3n) is 6.80. The van der Waals surface area contributed by atoms with Crippen molar-refractivity contribution >= 4 is 19.8 Å². The first-order valence-corrected chi connectivity index (χ1v) is 18.6. The topological polar surface area (TPSA) is 119 Å². The van der Waals surface area contributed by atoms with Gasteiger partial charge in [-0.25, -0.2) is 4.57 Å². The van der Waals surface area contributed by atoms with Crippen molar-refractivity contribution in [1.82, 2.24) is 0 Å². The minimum Gasteiger partial charge on any atom is -0.462 e. The summed E-state index contributed by atoms with van der Waals surface area (Å²) in [6.45, 7) is 3.48. The van der Waals surface area contributed by atoms with Gasteiger partial charge >= 0.3 is 19.8 Å². The molecule has 0 aliphatic carbocycles. The van der Waals surface area contributed by atoms with E-state index in [4.69, 9.17) is 19.3 Å². The van der Waals surface area contributed by atoms with Crippen LogP contribution in [0.3, 0.4) is 0 Å². The lowest BCUT2D eigenvalue weighted by Gasteiger charge is -2.18. The molecule has 0 bridgehead atoms. The molecule has 1 atom stereocenters. The highest BCUT2D eigenvalue weighted by Crippen LogP contribution is 2.35. The Morgan fingerprint density at radius 3 is 1.58 bits per heavy atom. The number of unbranched alkanes of at least 4 members (excludes halogenated alkanes) is 10. The van der Waals surface area contributed by atoms with Crippen LogP contribution in [0.15, 0.2) is 60.8 Å². The number of ether oxygens (including phenoxy) is 2. The number of hydrogen-bond acceptors (Lipinski definition) is 6. The molecular weight excluding hydrogens is 591 g/mol. The van der Waals surface area contributed by atoms with Crippen molar-refractivity contribution in [2.75, 3.05) is 13.2 Å². The lowest BCUT2D eigenvalue weighted by molar-refractivity contribution is -0.161. The number of carbonyl (C=O) groups excluding carboxylic acids is 2. The Morgan fingerprint density at radius 2 is 1.07 bits per heavy atom. The minimum atomic E-state index is -4.76. The summed E-state index contributed by atoms with van der Waals surface area (Å²) < 4.78 is 26.1. The molecule has 0 aliphatic heterocycles. The summed E-state index contributed by atoms with van der Waals surface area (Å²) in [6, 6.07) is 0. The highest BCUT2D eigenvalue weighted by atomic mass is 31.2. The van der Waals surface area contributed by atoms with Gasteiger partial charge in [-0.15, -0.1) is 0 Å². The van der Waals surface area contributed by atoms with E-state index in [0.29, 0.717) is 19.3 Å². The Balaban J connectivity index is 4.14. The fourth-order valence-electron chi connectivity index (χ4n) is 4.29. The summed E-state index contributed by atoms with van der Waals surface area (Å²) in [6.07, 6.45) is 38.1. The van der Waals surface area contributed by atoms with E-state index < -0.39 is 32.5 Å². The van der Waals surface area contributed by atoms with Crippen LogP contribution in [0.25, 0.3) is 0 Å². The second-order valence-electron chi connectivity index (χ2n) is 11.1. The van der Waals surface area contributed by atoms with Crippen LogP contribution in [-0.2, 0) is 28.2 Å². The normalized spacial score (nSPS) is 13.2. The third-order valence-corrected chi connectivity index (χ3v) is 7.29. The minimum absolute atomic E-state index is 0.132. The van der Waals surface area contributed by atoms with Crippen LogP contribution in [0.4, 0.5) is 0 Å². The summed E-state index contributed by atoms with van der Waals surface area (Å²) in [5.74, 6) is -0.961. The van der Waals surface area contributed by atoms with E-state index in [1.54, 1.807) is 0 Å². The molecule has 0 radical (unpaired) electrons. The average molecular weight is 653 g/mol.